The Morgan fingerprint density at radius 2 is 2.29 bits per heavy atom. The van der Waals surface area contributed by atoms with Crippen molar-refractivity contribution in [1.29, 1.82) is 0 Å². The number of hydrogen-bond donors (Lipinski definition) is 1. The molecule has 0 spiro atoms. The van der Waals surface area contributed by atoms with E-state index in [1.807, 2.05) is 17.8 Å². The lowest BCUT2D eigenvalue weighted by molar-refractivity contribution is 0.407. The van der Waals surface area contributed by atoms with Crippen LogP contribution in [0.15, 0.2) is 23.6 Å². The van der Waals surface area contributed by atoms with Gasteiger partial charge in [-0.3, -0.25) is 4.99 Å². The number of amidine groups is 1. The molecule has 17 heavy (non-hydrogen) atoms. The van der Waals surface area contributed by atoms with Crippen molar-refractivity contribution >= 4 is 16.9 Å². The van der Waals surface area contributed by atoms with Gasteiger partial charge in [0.15, 0.2) is 5.17 Å². The van der Waals surface area contributed by atoms with Gasteiger partial charge in [-0.1, -0.05) is 25.6 Å². The standard InChI is InChI=1S/C12H18N4S/c1-3-12(4-2)8-17-11(16-12)14-7-10-5-6-13-9-15-10/h5-6,9H,3-4,7-8H2,1-2H3,(H,14,16). The van der Waals surface area contributed by atoms with Crippen molar-refractivity contribution in [3.8, 4) is 0 Å². The second-order valence-electron chi connectivity index (χ2n) is 4.22. The minimum atomic E-state index is 0.245. The minimum Gasteiger partial charge on any atom is -0.359 e. The summed E-state index contributed by atoms with van der Waals surface area (Å²) in [6.07, 6.45) is 5.60. The highest BCUT2D eigenvalue weighted by Crippen LogP contribution is 2.28. The molecular weight excluding hydrogens is 232 g/mol. The third-order valence-electron chi connectivity index (χ3n) is 3.24. The van der Waals surface area contributed by atoms with E-state index in [1.165, 1.54) is 0 Å². The molecule has 1 aliphatic rings. The highest BCUT2D eigenvalue weighted by atomic mass is 32.2. The Morgan fingerprint density at radius 1 is 1.47 bits per heavy atom. The van der Waals surface area contributed by atoms with Crippen LogP contribution in [0.4, 0.5) is 0 Å². The molecule has 1 aromatic rings. The average Bonchev–Trinajstić information content (AvgIpc) is 2.82. The van der Waals surface area contributed by atoms with Crippen molar-refractivity contribution < 1.29 is 0 Å². The summed E-state index contributed by atoms with van der Waals surface area (Å²) in [5, 5.41) is 4.59. The van der Waals surface area contributed by atoms with Gasteiger partial charge in [-0.05, 0) is 18.9 Å². The maximum absolute atomic E-state index is 4.56. The number of aliphatic imine (C=N–C) groups is 1. The second-order valence-corrected chi connectivity index (χ2v) is 5.19. The van der Waals surface area contributed by atoms with E-state index in [0.29, 0.717) is 6.54 Å². The summed E-state index contributed by atoms with van der Waals surface area (Å²) in [6.45, 7) is 5.08. The van der Waals surface area contributed by atoms with Gasteiger partial charge in [0.1, 0.15) is 6.33 Å². The first-order valence-corrected chi connectivity index (χ1v) is 6.97. The Kier molecular flexibility index (Phi) is 3.99. The first-order valence-electron chi connectivity index (χ1n) is 5.98. The third-order valence-corrected chi connectivity index (χ3v) is 4.44. The molecule has 0 bridgehead atoms. The van der Waals surface area contributed by atoms with E-state index < -0.39 is 0 Å². The molecule has 1 saturated heterocycles. The number of nitrogens with one attached hydrogen (secondary N) is 1. The van der Waals surface area contributed by atoms with Crippen LogP contribution in [-0.2, 0) is 6.54 Å². The van der Waals surface area contributed by atoms with Crippen LogP contribution >= 0.6 is 11.8 Å². The predicted molar refractivity (Wildman–Crippen MR) is 72.1 cm³/mol. The smallest absolute Gasteiger partial charge is 0.157 e. The SMILES string of the molecule is CCC1(CC)CSC(=NCc2ccncn2)N1. The molecule has 1 fully saturated rings. The lowest BCUT2D eigenvalue weighted by Crippen LogP contribution is -2.42. The minimum absolute atomic E-state index is 0.245. The fraction of sp³-hybridized carbons (Fsp3) is 0.583. The van der Waals surface area contributed by atoms with Gasteiger partial charge in [0.25, 0.3) is 0 Å². The quantitative estimate of drug-likeness (QED) is 0.890. The molecule has 1 aliphatic heterocycles. The molecular formula is C12H18N4S. The molecule has 0 atom stereocenters. The molecule has 0 aromatic carbocycles. The summed E-state index contributed by atoms with van der Waals surface area (Å²) < 4.78 is 0. The summed E-state index contributed by atoms with van der Waals surface area (Å²) in [7, 11) is 0. The number of hydrogen-bond acceptors (Lipinski definition) is 4. The Balaban J connectivity index is 1.97. The maximum Gasteiger partial charge on any atom is 0.157 e. The van der Waals surface area contributed by atoms with Crippen molar-refractivity contribution in [3.63, 3.8) is 0 Å². The molecule has 0 saturated carbocycles. The highest BCUT2D eigenvalue weighted by Gasteiger charge is 2.33. The van der Waals surface area contributed by atoms with Crippen molar-refractivity contribution in [3.05, 3.63) is 24.3 Å². The second kappa shape index (κ2) is 5.49. The van der Waals surface area contributed by atoms with E-state index in [-0.39, 0.29) is 5.54 Å². The van der Waals surface area contributed by atoms with Crippen molar-refractivity contribution in [2.24, 2.45) is 4.99 Å². The van der Waals surface area contributed by atoms with Crippen LogP contribution in [0.2, 0.25) is 0 Å². The Labute approximate surface area is 106 Å². The van der Waals surface area contributed by atoms with Crippen LogP contribution in [0, 0.1) is 0 Å². The molecule has 2 heterocycles. The van der Waals surface area contributed by atoms with Gasteiger partial charge in [0, 0.05) is 17.5 Å². The van der Waals surface area contributed by atoms with Gasteiger partial charge < -0.3 is 5.32 Å². The molecule has 0 aliphatic carbocycles. The highest BCUT2D eigenvalue weighted by molar-refractivity contribution is 8.14. The summed E-state index contributed by atoms with van der Waals surface area (Å²) >= 11 is 1.81. The van der Waals surface area contributed by atoms with Gasteiger partial charge in [0.05, 0.1) is 12.2 Å². The molecule has 1 N–H and O–H groups in total. The Bertz CT molecular complexity index is 387. The van der Waals surface area contributed by atoms with Crippen LogP contribution in [0.25, 0.3) is 0 Å². The number of thioether (sulfide) groups is 1. The summed E-state index contributed by atoms with van der Waals surface area (Å²) in [6, 6.07) is 1.90. The van der Waals surface area contributed by atoms with E-state index in [0.717, 1.165) is 29.5 Å². The topological polar surface area (TPSA) is 50.2 Å². The fourth-order valence-electron chi connectivity index (χ4n) is 1.79. The van der Waals surface area contributed by atoms with E-state index in [2.05, 4.69) is 34.1 Å². The molecule has 0 unspecified atom stereocenters. The summed E-state index contributed by atoms with van der Waals surface area (Å²) in [5.41, 5.74) is 1.20. The molecule has 1 aromatic heterocycles. The van der Waals surface area contributed by atoms with E-state index in [4.69, 9.17) is 0 Å². The van der Waals surface area contributed by atoms with Crippen molar-refractivity contribution in [1.82, 2.24) is 15.3 Å². The van der Waals surface area contributed by atoms with Crippen LogP contribution in [0.3, 0.4) is 0 Å². The Morgan fingerprint density at radius 3 is 2.88 bits per heavy atom. The normalized spacial score (nSPS) is 20.5. The molecule has 4 nitrogen and oxygen atoms in total. The monoisotopic (exact) mass is 250 g/mol. The first kappa shape index (κ1) is 12.4. The van der Waals surface area contributed by atoms with Crippen molar-refractivity contribution in [2.45, 2.75) is 38.8 Å². The van der Waals surface area contributed by atoms with Crippen LogP contribution in [0.5, 0.6) is 0 Å². The van der Waals surface area contributed by atoms with E-state index in [9.17, 15) is 0 Å². The van der Waals surface area contributed by atoms with Crippen LogP contribution in [-0.4, -0.2) is 26.4 Å². The van der Waals surface area contributed by atoms with Crippen molar-refractivity contribution in [2.75, 3.05) is 5.75 Å². The van der Waals surface area contributed by atoms with Gasteiger partial charge in [-0.2, -0.15) is 0 Å². The summed E-state index contributed by atoms with van der Waals surface area (Å²) in [5.74, 6) is 1.11. The molecule has 0 amide bonds. The number of aromatic nitrogens is 2. The zero-order valence-electron chi connectivity index (χ0n) is 10.3. The number of rotatable bonds is 4. The molecule has 2 rings (SSSR count). The number of nitrogens with zero attached hydrogens (tertiary/aromatic N) is 3. The zero-order valence-corrected chi connectivity index (χ0v) is 11.1. The van der Waals surface area contributed by atoms with Crippen LogP contribution < -0.4 is 5.32 Å². The molecule has 0 radical (unpaired) electrons. The van der Waals surface area contributed by atoms with E-state index >= 15 is 0 Å². The maximum atomic E-state index is 4.56. The molecule has 92 valence electrons. The third kappa shape index (κ3) is 2.97. The molecule has 5 heteroatoms. The fourth-order valence-corrected chi connectivity index (χ4v) is 3.12. The predicted octanol–water partition coefficient (Wildman–Crippen LogP) is 2.23. The van der Waals surface area contributed by atoms with Gasteiger partial charge in [0.2, 0.25) is 0 Å². The average molecular weight is 250 g/mol. The van der Waals surface area contributed by atoms with Gasteiger partial charge >= 0.3 is 0 Å². The van der Waals surface area contributed by atoms with Crippen LogP contribution in [0.1, 0.15) is 32.4 Å². The summed E-state index contributed by atoms with van der Waals surface area (Å²) in [4.78, 5) is 12.6. The lowest BCUT2D eigenvalue weighted by Gasteiger charge is -2.25. The first-order chi connectivity index (χ1) is 8.28. The van der Waals surface area contributed by atoms with Gasteiger partial charge in [-0.25, -0.2) is 9.97 Å². The van der Waals surface area contributed by atoms with Gasteiger partial charge in [-0.15, -0.1) is 0 Å². The Hall–Kier alpha value is -1.10. The van der Waals surface area contributed by atoms with E-state index in [1.54, 1.807) is 12.5 Å². The zero-order chi connectivity index (χ0) is 12.1. The lowest BCUT2D eigenvalue weighted by atomic mass is 9.96. The largest absolute Gasteiger partial charge is 0.359 e.